The Hall–Kier alpha value is -1.45. The lowest BCUT2D eigenvalue weighted by molar-refractivity contribution is 0.211. The molecule has 1 aliphatic carbocycles. The van der Waals surface area contributed by atoms with E-state index in [1.165, 1.54) is 5.56 Å². The minimum absolute atomic E-state index is 0.0776. The summed E-state index contributed by atoms with van der Waals surface area (Å²) in [4.78, 5) is 4.50. The monoisotopic (exact) mass is 242 g/mol. The summed E-state index contributed by atoms with van der Waals surface area (Å²) >= 11 is 0. The van der Waals surface area contributed by atoms with Gasteiger partial charge in [-0.2, -0.15) is 0 Å². The van der Waals surface area contributed by atoms with Crippen LogP contribution >= 0.6 is 0 Å². The van der Waals surface area contributed by atoms with E-state index in [2.05, 4.69) is 29.2 Å². The van der Waals surface area contributed by atoms with Gasteiger partial charge in [0, 0.05) is 23.0 Å². The van der Waals surface area contributed by atoms with Crippen LogP contribution in [0.25, 0.3) is 10.9 Å². The molecule has 2 atom stereocenters. The number of benzene rings is 1. The predicted molar refractivity (Wildman–Crippen MR) is 72.4 cm³/mol. The molecule has 1 heterocycles. The SMILES string of the molecule is Cc1ccc2cc(C3CC3(CN)CO)ccc2n1. The fraction of sp³-hybridized carbons (Fsp3) is 0.400. The lowest BCUT2D eigenvalue weighted by Crippen LogP contribution is -2.21. The lowest BCUT2D eigenvalue weighted by atomic mass is 9.99. The third kappa shape index (κ3) is 1.71. The lowest BCUT2D eigenvalue weighted by Gasteiger charge is -2.11. The normalized spacial score (nSPS) is 26.5. The Morgan fingerprint density at radius 3 is 2.89 bits per heavy atom. The highest BCUT2D eigenvalue weighted by molar-refractivity contribution is 5.79. The molecule has 1 aliphatic rings. The van der Waals surface area contributed by atoms with Crippen LogP contribution in [0.5, 0.6) is 0 Å². The maximum atomic E-state index is 9.45. The Kier molecular flexibility index (Phi) is 2.61. The quantitative estimate of drug-likeness (QED) is 0.865. The van der Waals surface area contributed by atoms with Gasteiger partial charge in [-0.25, -0.2) is 0 Å². The van der Waals surface area contributed by atoms with Gasteiger partial charge in [0.1, 0.15) is 0 Å². The molecular weight excluding hydrogens is 224 g/mol. The third-order valence-corrected chi connectivity index (χ3v) is 4.17. The number of fused-ring (bicyclic) bond motifs is 1. The molecule has 1 aromatic carbocycles. The highest BCUT2D eigenvalue weighted by Gasteiger charge is 2.53. The molecule has 3 heteroatoms. The summed E-state index contributed by atoms with van der Waals surface area (Å²) in [7, 11) is 0. The van der Waals surface area contributed by atoms with E-state index in [1.54, 1.807) is 0 Å². The zero-order chi connectivity index (χ0) is 12.8. The Balaban J connectivity index is 1.98. The number of aliphatic hydroxyl groups is 1. The van der Waals surface area contributed by atoms with E-state index >= 15 is 0 Å². The number of hydrogen-bond donors (Lipinski definition) is 2. The van der Waals surface area contributed by atoms with E-state index in [4.69, 9.17) is 5.73 Å². The van der Waals surface area contributed by atoms with Crippen molar-refractivity contribution < 1.29 is 5.11 Å². The van der Waals surface area contributed by atoms with Gasteiger partial charge in [0.25, 0.3) is 0 Å². The first-order chi connectivity index (χ1) is 8.68. The standard InChI is InChI=1S/C15H18N2O/c1-10-2-3-12-6-11(4-5-14(12)17-10)13-7-15(13,8-16)9-18/h2-6,13,18H,7-9,16H2,1H3. The highest BCUT2D eigenvalue weighted by Crippen LogP contribution is 2.58. The minimum Gasteiger partial charge on any atom is -0.396 e. The molecule has 2 aromatic rings. The molecular formula is C15H18N2O. The van der Waals surface area contributed by atoms with Crippen LogP contribution in [0, 0.1) is 12.3 Å². The first kappa shape index (κ1) is 11.6. The van der Waals surface area contributed by atoms with E-state index in [1.807, 2.05) is 13.0 Å². The zero-order valence-electron chi connectivity index (χ0n) is 10.6. The van der Waals surface area contributed by atoms with Gasteiger partial charge in [-0.15, -0.1) is 0 Å². The van der Waals surface area contributed by atoms with Crippen molar-refractivity contribution in [3.05, 3.63) is 41.6 Å². The molecule has 0 radical (unpaired) electrons. The number of rotatable bonds is 3. The molecule has 1 aromatic heterocycles. The first-order valence-corrected chi connectivity index (χ1v) is 6.37. The zero-order valence-corrected chi connectivity index (χ0v) is 10.6. The summed E-state index contributed by atoms with van der Waals surface area (Å²) in [5.41, 5.74) is 9.03. The number of nitrogens with zero attached hydrogens (tertiary/aromatic N) is 1. The van der Waals surface area contributed by atoms with Crippen molar-refractivity contribution in [3.8, 4) is 0 Å². The van der Waals surface area contributed by atoms with Gasteiger partial charge < -0.3 is 10.8 Å². The smallest absolute Gasteiger partial charge is 0.0705 e. The van der Waals surface area contributed by atoms with Crippen molar-refractivity contribution in [1.82, 2.24) is 4.98 Å². The fourth-order valence-electron chi connectivity index (χ4n) is 2.75. The fourth-order valence-corrected chi connectivity index (χ4v) is 2.75. The number of aliphatic hydroxyl groups excluding tert-OH is 1. The Bertz CT molecular complexity index is 590. The van der Waals surface area contributed by atoms with Gasteiger partial charge >= 0.3 is 0 Å². The summed E-state index contributed by atoms with van der Waals surface area (Å²) in [6.45, 7) is 2.73. The molecule has 1 saturated carbocycles. The highest BCUT2D eigenvalue weighted by atomic mass is 16.3. The molecule has 3 N–H and O–H groups in total. The van der Waals surface area contributed by atoms with Crippen LogP contribution in [0.4, 0.5) is 0 Å². The molecule has 1 fully saturated rings. The molecule has 0 saturated heterocycles. The van der Waals surface area contributed by atoms with Crippen molar-refractivity contribution in [2.24, 2.45) is 11.1 Å². The van der Waals surface area contributed by atoms with Gasteiger partial charge in [0.05, 0.1) is 12.1 Å². The van der Waals surface area contributed by atoms with Gasteiger partial charge in [0.15, 0.2) is 0 Å². The van der Waals surface area contributed by atoms with Crippen LogP contribution in [-0.2, 0) is 0 Å². The summed E-state index contributed by atoms with van der Waals surface area (Å²) in [5.74, 6) is 0.401. The van der Waals surface area contributed by atoms with E-state index in [0.717, 1.165) is 23.0 Å². The Labute approximate surface area is 107 Å². The van der Waals surface area contributed by atoms with E-state index in [0.29, 0.717) is 12.5 Å². The number of aromatic nitrogens is 1. The van der Waals surface area contributed by atoms with Crippen molar-refractivity contribution >= 4 is 10.9 Å². The molecule has 3 nitrogen and oxygen atoms in total. The van der Waals surface area contributed by atoms with Crippen LogP contribution in [0.3, 0.4) is 0 Å². The average molecular weight is 242 g/mol. The maximum absolute atomic E-state index is 9.45. The van der Waals surface area contributed by atoms with Crippen LogP contribution in [0.2, 0.25) is 0 Å². The second-order valence-electron chi connectivity index (χ2n) is 5.39. The molecule has 0 aliphatic heterocycles. The van der Waals surface area contributed by atoms with Crippen molar-refractivity contribution in [2.75, 3.05) is 13.2 Å². The van der Waals surface area contributed by atoms with Crippen LogP contribution < -0.4 is 5.73 Å². The van der Waals surface area contributed by atoms with E-state index < -0.39 is 0 Å². The largest absolute Gasteiger partial charge is 0.396 e. The van der Waals surface area contributed by atoms with E-state index in [-0.39, 0.29) is 12.0 Å². The van der Waals surface area contributed by atoms with Crippen molar-refractivity contribution in [2.45, 2.75) is 19.3 Å². The number of nitrogens with two attached hydrogens (primary N) is 1. The number of hydrogen-bond acceptors (Lipinski definition) is 3. The van der Waals surface area contributed by atoms with E-state index in [9.17, 15) is 5.11 Å². The summed E-state index contributed by atoms with van der Waals surface area (Å²) < 4.78 is 0. The maximum Gasteiger partial charge on any atom is 0.0705 e. The molecule has 3 rings (SSSR count). The third-order valence-electron chi connectivity index (χ3n) is 4.17. The van der Waals surface area contributed by atoms with Crippen LogP contribution in [0.15, 0.2) is 30.3 Å². The van der Waals surface area contributed by atoms with Crippen molar-refractivity contribution in [3.63, 3.8) is 0 Å². The second-order valence-corrected chi connectivity index (χ2v) is 5.39. The summed E-state index contributed by atoms with van der Waals surface area (Å²) in [6, 6.07) is 10.5. The first-order valence-electron chi connectivity index (χ1n) is 6.37. The van der Waals surface area contributed by atoms with Gasteiger partial charge in [-0.05, 0) is 43.0 Å². The van der Waals surface area contributed by atoms with Crippen molar-refractivity contribution in [1.29, 1.82) is 0 Å². The minimum atomic E-state index is -0.0776. The van der Waals surface area contributed by atoms with Gasteiger partial charge in [-0.3, -0.25) is 4.98 Å². The Morgan fingerprint density at radius 2 is 2.22 bits per heavy atom. The molecule has 18 heavy (non-hydrogen) atoms. The van der Waals surface area contributed by atoms with Crippen LogP contribution in [0.1, 0.15) is 23.6 Å². The molecule has 0 bridgehead atoms. The van der Waals surface area contributed by atoms with Gasteiger partial charge in [-0.1, -0.05) is 12.1 Å². The van der Waals surface area contributed by atoms with Crippen LogP contribution in [-0.4, -0.2) is 23.2 Å². The molecule has 0 spiro atoms. The topological polar surface area (TPSA) is 59.1 Å². The molecule has 2 unspecified atom stereocenters. The summed E-state index contributed by atoms with van der Waals surface area (Å²) in [5, 5.41) is 10.6. The second kappa shape index (κ2) is 4.04. The van der Waals surface area contributed by atoms with Gasteiger partial charge in [0.2, 0.25) is 0 Å². The predicted octanol–water partition coefficient (Wildman–Crippen LogP) is 1.97. The number of aryl methyl sites for hydroxylation is 1. The summed E-state index contributed by atoms with van der Waals surface area (Å²) in [6.07, 6.45) is 0.991. The molecule has 94 valence electrons. The number of pyridine rings is 1. The average Bonchev–Trinajstić information content (AvgIpc) is 3.13. The molecule has 0 amide bonds. The Morgan fingerprint density at radius 1 is 1.39 bits per heavy atom.